The molecule has 0 radical (unpaired) electrons. The number of benzene rings is 2. The number of amides is 2. The summed E-state index contributed by atoms with van der Waals surface area (Å²) in [5.41, 5.74) is 2.30. The highest BCUT2D eigenvalue weighted by Gasteiger charge is 2.11. The maximum absolute atomic E-state index is 12.3. The number of thioether (sulfide) groups is 1. The molecule has 7 nitrogen and oxygen atoms in total. The molecule has 2 N–H and O–H groups in total. The van der Waals surface area contributed by atoms with Crippen LogP contribution < -0.4 is 15.4 Å². The maximum Gasteiger partial charge on any atom is 0.234 e. The summed E-state index contributed by atoms with van der Waals surface area (Å²) in [6, 6.07) is 14.8. The van der Waals surface area contributed by atoms with E-state index in [1.807, 2.05) is 35.0 Å². The van der Waals surface area contributed by atoms with E-state index < -0.39 is 0 Å². The average molecular weight is 410 g/mol. The van der Waals surface area contributed by atoms with E-state index in [0.29, 0.717) is 17.9 Å². The second-order valence-corrected chi connectivity index (χ2v) is 7.19. The summed E-state index contributed by atoms with van der Waals surface area (Å²) >= 11 is 1.36. The number of imidazole rings is 1. The number of nitrogens with zero attached hydrogens (tertiary/aromatic N) is 2. The first kappa shape index (κ1) is 20.5. The summed E-state index contributed by atoms with van der Waals surface area (Å²) in [6.07, 6.45) is 3.59. The third-order valence-electron chi connectivity index (χ3n) is 4.01. The number of carbonyl (C=O) groups is 2. The molecule has 0 bridgehead atoms. The third kappa shape index (κ3) is 5.86. The van der Waals surface area contributed by atoms with Crippen molar-refractivity contribution in [2.75, 3.05) is 23.5 Å². The van der Waals surface area contributed by atoms with Gasteiger partial charge in [-0.2, -0.15) is 0 Å². The second kappa shape index (κ2) is 9.79. The van der Waals surface area contributed by atoms with E-state index in [0.717, 1.165) is 16.5 Å². The van der Waals surface area contributed by atoms with Gasteiger partial charge in [-0.1, -0.05) is 36.0 Å². The topological polar surface area (TPSA) is 85.2 Å². The van der Waals surface area contributed by atoms with Crippen LogP contribution in [0.25, 0.3) is 0 Å². The van der Waals surface area contributed by atoms with E-state index in [9.17, 15) is 9.59 Å². The van der Waals surface area contributed by atoms with Crippen LogP contribution in [0.1, 0.15) is 12.5 Å². The number of hydrogen-bond acceptors (Lipinski definition) is 5. The molecule has 0 saturated heterocycles. The molecule has 1 aromatic heterocycles. The molecule has 0 aliphatic heterocycles. The Morgan fingerprint density at radius 2 is 1.86 bits per heavy atom. The smallest absolute Gasteiger partial charge is 0.234 e. The van der Waals surface area contributed by atoms with Crippen molar-refractivity contribution in [1.29, 1.82) is 0 Å². The molecule has 0 spiro atoms. The number of nitrogens with one attached hydrogen (secondary N) is 2. The Morgan fingerprint density at radius 1 is 1.10 bits per heavy atom. The molecule has 0 unspecified atom stereocenters. The van der Waals surface area contributed by atoms with Gasteiger partial charge in [-0.15, -0.1) is 0 Å². The summed E-state index contributed by atoms with van der Waals surface area (Å²) in [6.45, 7) is 2.04. The van der Waals surface area contributed by atoms with Crippen LogP contribution in [0.4, 0.5) is 11.4 Å². The number of hydrogen-bond donors (Lipinski definition) is 2. The van der Waals surface area contributed by atoms with E-state index in [1.54, 1.807) is 37.6 Å². The molecule has 0 saturated carbocycles. The van der Waals surface area contributed by atoms with Crippen molar-refractivity contribution in [3.63, 3.8) is 0 Å². The van der Waals surface area contributed by atoms with Crippen molar-refractivity contribution in [3.8, 4) is 5.75 Å². The predicted octanol–water partition coefficient (Wildman–Crippen LogP) is 3.63. The van der Waals surface area contributed by atoms with Crippen LogP contribution in [-0.4, -0.2) is 34.2 Å². The van der Waals surface area contributed by atoms with Gasteiger partial charge in [-0.3, -0.25) is 9.59 Å². The first-order valence-electron chi connectivity index (χ1n) is 8.98. The fourth-order valence-electron chi connectivity index (χ4n) is 2.78. The predicted molar refractivity (Wildman–Crippen MR) is 114 cm³/mol. The minimum absolute atomic E-state index is 0.151. The van der Waals surface area contributed by atoms with Gasteiger partial charge < -0.3 is 19.9 Å². The van der Waals surface area contributed by atoms with E-state index in [4.69, 9.17) is 4.74 Å². The van der Waals surface area contributed by atoms with Crippen molar-refractivity contribution in [3.05, 3.63) is 66.5 Å². The lowest BCUT2D eigenvalue weighted by Gasteiger charge is -2.11. The van der Waals surface area contributed by atoms with Crippen LogP contribution in [0.15, 0.2) is 66.1 Å². The summed E-state index contributed by atoms with van der Waals surface area (Å²) in [5, 5.41) is 6.28. The minimum Gasteiger partial charge on any atom is -0.496 e. The molecule has 0 atom stereocenters. The standard InChI is InChI=1S/C21H22N4O3S/c1-15(26)23-17-7-5-8-18(12-17)24-20(27)14-29-21-22-10-11-25(21)13-16-6-3-4-9-19(16)28-2/h3-12H,13-14H2,1-2H3,(H,23,26)(H,24,27). The zero-order valence-corrected chi connectivity index (χ0v) is 17.0. The molecule has 2 aromatic carbocycles. The Balaban J connectivity index is 1.59. The van der Waals surface area contributed by atoms with Crippen LogP contribution >= 0.6 is 11.8 Å². The Bertz CT molecular complexity index is 1000. The van der Waals surface area contributed by atoms with E-state index in [1.165, 1.54) is 18.7 Å². The Kier molecular flexibility index (Phi) is 6.91. The van der Waals surface area contributed by atoms with E-state index in [-0.39, 0.29) is 17.6 Å². The fraction of sp³-hybridized carbons (Fsp3) is 0.190. The molecule has 8 heteroatoms. The molecule has 2 amide bonds. The number of anilines is 2. The lowest BCUT2D eigenvalue weighted by atomic mass is 10.2. The molecule has 3 aromatic rings. The fourth-order valence-corrected chi connectivity index (χ4v) is 3.54. The zero-order valence-electron chi connectivity index (χ0n) is 16.2. The van der Waals surface area contributed by atoms with Gasteiger partial charge in [0.25, 0.3) is 0 Å². The lowest BCUT2D eigenvalue weighted by Crippen LogP contribution is -2.15. The van der Waals surface area contributed by atoms with Crippen molar-refractivity contribution in [1.82, 2.24) is 9.55 Å². The maximum atomic E-state index is 12.3. The molecule has 0 aliphatic rings. The van der Waals surface area contributed by atoms with Gasteiger partial charge in [0.15, 0.2) is 5.16 Å². The highest BCUT2D eigenvalue weighted by atomic mass is 32.2. The summed E-state index contributed by atoms with van der Waals surface area (Å²) < 4.78 is 7.38. The van der Waals surface area contributed by atoms with Gasteiger partial charge >= 0.3 is 0 Å². The Morgan fingerprint density at radius 3 is 2.62 bits per heavy atom. The third-order valence-corrected chi connectivity index (χ3v) is 5.01. The number of rotatable bonds is 8. The molecular weight excluding hydrogens is 388 g/mol. The normalized spacial score (nSPS) is 10.4. The Hall–Kier alpha value is -3.26. The van der Waals surface area contributed by atoms with Crippen LogP contribution in [0, 0.1) is 0 Å². The Labute approximate surface area is 173 Å². The van der Waals surface area contributed by atoms with Crippen LogP contribution in [0.2, 0.25) is 0 Å². The number of para-hydroxylation sites is 1. The van der Waals surface area contributed by atoms with Crippen molar-refractivity contribution in [2.45, 2.75) is 18.6 Å². The number of aromatic nitrogens is 2. The molecule has 29 heavy (non-hydrogen) atoms. The van der Waals surface area contributed by atoms with Gasteiger partial charge in [0.05, 0.1) is 19.4 Å². The SMILES string of the molecule is COc1ccccc1Cn1ccnc1SCC(=O)Nc1cccc(NC(C)=O)c1. The monoisotopic (exact) mass is 410 g/mol. The minimum atomic E-state index is -0.161. The quantitative estimate of drug-likeness (QED) is 0.554. The molecule has 150 valence electrons. The highest BCUT2D eigenvalue weighted by molar-refractivity contribution is 7.99. The lowest BCUT2D eigenvalue weighted by molar-refractivity contribution is -0.114. The highest BCUT2D eigenvalue weighted by Crippen LogP contribution is 2.23. The molecule has 0 fully saturated rings. The largest absolute Gasteiger partial charge is 0.496 e. The molecule has 1 heterocycles. The average Bonchev–Trinajstić information content (AvgIpc) is 3.13. The van der Waals surface area contributed by atoms with Crippen LogP contribution in [0.3, 0.4) is 0 Å². The van der Waals surface area contributed by atoms with Crippen LogP contribution in [0.5, 0.6) is 5.75 Å². The molecule has 3 rings (SSSR count). The zero-order chi connectivity index (χ0) is 20.6. The van der Waals surface area contributed by atoms with Gasteiger partial charge in [-0.05, 0) is 24.3 Å². The first-order chi connectivity index (χ1) is 14.0. The van der Waals surface area contributed by atoms with E-state index in [2.05, 4.69) is 15.6 Å². The first-order valence-corrected chi connectivity index (χ1v) is 9.97. The van der Waals surface area contributed by atoms with Gasteiger partial charge in [0.1, 0.15) is 5.75 Å². The summed E-state index contributed by atoms with van der Waals surface area (Å²) in [7, 11) is 1.65. The summed E-state index contributed by atoms with van der Waals surface area (Å²) in [5.74, 6) is 0.717. The van der Waals surface area contributed by atoms with Crippen molar-refractivity contribution >= 4 is 35.0 Å². The second-order valence-electron chi connectivity index (χ2n) is 6.25. The number of carbonyl (C=O) groups excluding carboxylic acids is 2. The van der Waals surface area contributed by atoms with Gasteiger partial charge in [0, 0.05) is 36.3 Å². The van der Waals surface area contributed by atoms with Crippen molar-refractivity contribution in [2.24, 2.45) is 0 Å². The van der Waals surface area contributed by atoms with Gasteiger partial charge in [-0.25, -0.2) is 4.98 Å². The van der Waals surface area contributed by atoms with Gasteiger partial charge in [0.2, 0.25) is 11.8 Å². The molecule has 0 aliphatic carbocycles. The van der Waals surface area contributed by atoms with Crippen LogP contribution in [-0.2, 0) is 16.1 Å². The number of methoxy groups -OCH3 is 1. The van der Waals surface area contributed by atoms with E-state index >= 15 is 0 Å². The molecular formula is C21H22N4O3S. The number of ether oxygens (including phenoxy) is 1. The van der Waals surface area contributed by atoms with Crippen molar-refractivity contribution < 1.29 is 14.3 Å². The summed E-state index contributed by atoms with van der Waals surface area (Å²) in [4.78, 5) is 27.9.